The van der Waals surface area contributed by atoms with Crippen LogP contribution in [0.25, 0.3) is 16.9 Å². The molecule has 0 spiro atoms. The van der Waals surface area contributed by atoms with Crippen molar-refractivity contribution in [2.45, 2.75) is 6.54 Å². The normalized spacial score (nSPS) is 10.6. The lowest BCUT2D eigenvalue weighted by atomic mass is 10.0. The molecule has 180 valence electrons. The van der Waals surface area contributed by atoms with E-state index in [1.54, 1.807) is 55.0 Å². The van der Waals surface area contributed by atoms with Gasteiger partial charge in [0.05, 0.1) is 39.9 Å². The number of nitrogens with zero attached hydrogens (tertiary/aromatic N) is 4. The third-order valence-corrected chi connectivity index (χ3v) is 5.26. The highest BCUT2D eigenvalue weighted by Gasteiger charge is 2.33. The van der Waals surface area contributed by atoms with Crippen LogP contribution >= 0.6 is 0 Å². The van der Waals surface area contributed by atoms with Crippen molar-refractivity contribution >= 4 is 11.9 Å². The molecule has 0 radical (unpaired) electrons. The lowest BCUT2D eigenvalue weighted by Crippen LogP contribution is -2.15. The molecule has 2 heterocycles. The Balaban J connectivity index is 1.89. The lowest BCUT2D eigenvalue weighted by Gasteiger charge is -2.15. The van der Waals surface area contributed by atoms with Crippen LogP contribution in [0.3, 0.4) is 0 Å². The van der Waals surface area contributed by atoms with Crippen molar-refractivity contribution in [2.24, 2.45) is 0 Å². The Hall–Kier alpha value is -4.60. The van der Waals surface area contributed by atoms with Crippen molar-refractivity contribution in [1.82, 2.24) is 19.3 Å². The zero-order valence-corrected chi connectivity index (χ0v) is 19.5. The van der Waals surface area contributed by atoms with E-state index in [1.807, 2.05) is 16.8 Å². The van der Waals surface area contributed by atoms with Gasteiger partial charge >= 0.3 is 11.9 Å². The summed E-state index contributed by atoms with van der Waals surface area (Å²) in [5, 5.41) is 4.65. The Bertz CT molecular complexity index is 1320. The fourth-order valence-corrected chi connectivity index (χ4v) is 3.63. The Morgan fingerprint density at radius 3 is 2.37 bits per heavy atom. The zero-order valence-electron chi connectivity index (χ0n) is 19.5. The summed E-state index contributed by atoms with van der Waals surface area (Å²) >= 11 is 0. The minimum atomic E-state index is -0.741. The smallest absolute Gasteiger partial charge is 0.357 e. The second-order valence-electron chi connectivity index (χ2n) is 7.29. The molecular weight excluding hydrogens is 452 g/mol. The second-order valence-corrected chi connectivity index (χ2v) is 7.29. The maximum absolute atomic E-state index is 13.0. The number of hydrogen-bond donors (Lipinski definition) is 0. The Kier molecular flexibility index (Phi) is 7.10. The van der Waals surface area contributed by atoms with E-state index in [0.717, 1.165) is 0 Å². The van der Waals surface area contributed by atoms with E-state index in [2.05, 4.69) is 10.1 Å². The molecule has 10 nitrogen and oxygen atoms in total. The highest BCUT2D eigenvalue weighted by atomic mass is 16.5. The van der Waals surface area contributed by atoms with Crippen LogP contribution in [-0.4, -0.2) is 59.2 Å². The van der Waals surface area contributed by atoms with Crippen molar-refractivity contribution in [2.75, 3.05) is 27.9 Å². The van der Waals surface area contributed by atoms with Crippen molar-refractivity contribution in [3.8, 4) is 28.4 Å². The number of hydrogen-bond acceptors (Lipinski definition) is 8. The van der Waals surface area contributed by atoms with Crippen molar-refractivity contribution in [3.05, 3.63) is 78.5 Å². The predicted molar refractivity (Wildman–Crippen MR) is 126 cm³/mol. The van der Waals surface area contributed by atoms with Gasteiger partial charge in [0.2, 0.25) is 0 Å². The summed E-state index contributed by atoms with van der Waals surface area (Å²) in [7, 11) is 3.99. The van der Waals surface area contributed by atoms with E-state index in [1.165, 1.54) is 26.0 Å². The number of benzene rings is 2. The average molecular weight is 476 g/mol. The van der Waals surface area contributed by atoms with Gasteiger partial charge in [-0.1, -0.05) is 24.3 Å². The number of para-hydroxylation sites is 2. The quantitative estimate of drug-likeness (QED) is 0.339. The maximum atomic E-state index is 13.0. The lowest BCUT2D eigenvalue weighted by molar-refractivity contribution is 0.0549. The molecule has 0 bridgehead atoms. The van der Waals surface area contributed by atoms with Crippen LogP contribution in [0.1, 0.15) is 20.8 Å². The number of methoxy groups -OCH3 is 3. The molecule has 0 amide bonds. The number of rotatable bonds is 9. The van der Waals surface area contributed by atoms with E-state index in [9.17, 15) is 9.59 Å². The topological polar surface area (TPSA) is 107 Å². The molecule has 0 saturated heterocycles. The SMILES string of the molecule is COC(=O)c1c(-c2cccc(OC)c2OCCn2ccnc2)nn(-c2ccccc2)c1C(=O)OC. The molecule has 0 fully saturated rings. The first kappa shape index (κ1) is 23.6. The van der Waals surface area contributed by atoms with E-state index in [-0.39, 0.29) is 17.0 Å². The van der Waals surface area contributed by atoms with Crippen LogP contribution in [0.2, 0.25) is 0 Å². The van der Waals surface area contributed by atoms with Gasteiger partial charge in [0, 0.05) is 18.0 Å². The zero-order chi connectivity index (χ0) is 24.8. The molecule has 0 aliphatic rings. The number of carbonyl (C=O) groups excluding carboxylic acids is 2. The van der Waals surface area contributed by atoms with Crippen LogP contribution < -0.4 is 9.47 Å². The van der Waals surface area contributed by atoms with Gasteiger partial charge in [0.15, 0.2) is 17.2 Å². The maximum Gasteiger partial charge on any atom is 0.357 e. The van der Waals surface area contributed by atoms with Gasteiger partial charge in [-0.15, -0.1) is 0 Å². The first-order chi connectivity index (χ1) is 17.1. The van der Waals surface area contributed by atoms with Crippen molar-refractivity contribution in [3.63, 3.8) is 0 Å². The molecule has 35 heavy (non-hydrogen) atoms. The minimum absolute atomic E-state index is 0.0454. The van der Waals surface area contributed by atoms with Gasteiger partial charge in [-0.05, 0) is 24.3 Å². The number of imidazole rings is 1. The molecule has 0 atom stereocenters. The highest BCUT2D eigenvalue weighted by Crippen LogP contribution is 2.40. The van der Waals surface area contributed by atoms with Crippen LogP contribution in [0.5, 0.6) is 11.5 Å². The van der Waals surface area contributed by atoms with E-state index in [0.29, 0.717) is 35.9 Å². The summed E-state index contributed by atoms with van der Waals surface area (Å²) in [5.41, 5.74) is 1.10. The molecule has 2 aromatic carbocycles. The summed E-state index contributed by atoms with van der Waals surface area (Å²) in [6.07, 6.45) is 5.19. The first-order valence-electron chi connectivity index (χ1n) is 10.7. The predicted octanol–water partition coefficient (Wildman–Crippen LogP) is 3.40. The number of ether oxygens (including phenoxy) is 4. The standard InChI is InChI=1S/C25H24N4O6/c1-32-19-11-7-10-18(23(19)35-15-14-28-13-12-26-16-28)21-20(24(30)33-2)22(25(31)34-3)29(27-21)17-8-5-4-6-9-17/h4-13,16H,14-15H2,1-3H3. The van der Waals surface area contributed by atoms with E-state index < -0.39 is 11.9 Å². The third kappa shape index (κ3) is 4.72. The monoisotopic (exact) mass is 476 g/mol. The fourth-order valence-electron chi connectivity index (χ4n) is 3.63. The highest BCUT2D eigenvalue weighted by molar-refractivity contribution is 6.07. The van der Waals surface area contributed by atoms with Gasteiger partial charge in [-0.3, -0.25) is 0 Å². The van der Waals surface area contributed by atoms with Gasteiger partial charge in [0.1, 0.15) is 17.9 Å². The average Bonchev–Trinajstić information content (AvgIpc) is 3.56. The van der Waals surface area contributed by atoms with Gasteiger partial charge < -0.3 is 23.5 Å². The second kappa shape index (κ2) is 10.6. The fraction of sp³-hybridized carbons (Fsp3) is 0.200. The van der Waals surface area contributed by atoms with E-state index >= 15 is 0 Å². The Labute approximate surface area is 201 Å². The van der Waals surface area contributed by atoms with E-state index in [4.69, 9.17) is 18.9 Å². The molecule has 10 heteroatoms. The van der Waals surface area contributed by atoms with Crippen molar-refractivity contribution < 1.29 is 28.5 Å². The van der Waals surface area contributed by atoms with Crippen molar-refractivity contribution in [1.29, 1.82) is 0 Å². The van der Waals surface area contributed by atoms with Gasteiger partial charge in [0.25, 0.3) is 0 Å². The summed E-state index contributed by atoms with van der Waals surface area (Å²) in [5.74, 6) is -0.666. The Morgan fingerprint density at radius 2 is 1.71 bits per heavy atom. The molecule has 0 aliphatic heterocycles. The number of aromatic nitrogens is 4. The minimum Gasteiger partial charge on any atom is -0.493 e. The summed E-state index contributed by atoms with van der Waals surface area (Å²) in [6.45, 7) is 0.827. The van der Waals surface area contributed by atoms with Crippen LogP contribution in [0.4, 0.5) is 0 Å². The largest absolute Gasteiger partial charge is 0.493 e. The summed E-state index contributed by atoms with van der Waals surface area (Å²) in [6, 6.07) is 14.2. The van der Waals surface area contributed by atoms with Gasteiger partial charge in [-0.2, -0.15) is 5.10 Å². The Morgan fingerprint density at radius 1 is 0.943 bits per heavy atom. The molecular formula is C25H24N4O6. The molecule has 0 unspecified atom stereocenters. The molecule has 4 rings (SSSR count). The van der Waals surface area contributed by atoms with Crippen LogP contribution in [-0.2, 0) is 16.0 Å². The number of carbonyl (C=O) groups is 2. The first-order valence-corrected chi connectivity index (χ1v) is 10.7. The molecule has 0 N–H and O–H groups in total. The molecule has 2 aromatic heterocycles. The summed E-state index contributed by atoms with van der Waals surface area (Å²) < 4.78 is 24.9. The van der Waals surface area contributed by atoms with Crippen LogP contribution in [0, 0.1) is 0 Å². The molecule has 0 saturated carbocycles. The van der Waals surface area contributed by atoms with Crippen LogP contribution in [0.15, 0.2) is 67.3 Å². The number of esters is 2. The third-order valence-electron chi connectivity index (χ3n) is 5.26. The molecule has 0 aliphatic carbocycles. The molecule has 4 aromatic rings. The summed E-state index contributed by atoms with van der Waals surface area (Å²) in [4.78, 5) is 29.8. The van der Waals surface area contributed by atoms with Gasteiger partial charge in [-0.25, -0.2) is 19.3 Å².